The van der Waals surface area contributed by atoms with Crippen molar-refractivity contribution in [3.05, 3.63) is 0 Å². The maximum Gasteiger partial charge on any atom is 0.0663 e. The minimum atomic E-state index is -0.334. The van der Waals surface area contributed by atoms with Gasteiger partial charge in [0.2, 0.25) is 0 Å². The van der Waals surface area contributed by atoms with Crippen molar-refractivity contribution in [1.29, 1.82) is 0 Å². The number of hydrogen-bond donors (Lipinski definition) is 1. The molecule has 1 heterocycles. The Balaban J connectivity index is 1.86. The van der Waals surface area contributed by atoms with Crippen molar-refractivity contribution in [2.45, 2.75) is 57.0 Å². The largest absolute Gasteiger partial charge is 0.390 e. The second-order valence-corrected chi connectivity index (χ2v) is 5.74. The number of rotatable bonds is 2. The monoisotopic (exact) mass is 211 g/mol. The van der Waals surface area contributed by atoms with E-state index in [-0.39, 0.29) is 5.60 Å². The summed E-state index contributed by atoms with van der Waals surface area (Å²) in [6.07, 6.45) is 9.74. The molecule has 0 bridgehead atoms. The average molecular weight is 211 g/mol. The Morgan fingerprint density at radius 2 is 1.87 bits per heavy atom. The summed E-state index contributed by atoms with van der Waals surface area (Å²) in [4.78, 5) is 2.35. The first-order valence-electron chi connectivity index (χ1n) is 6.59. The molecule has 0 radical (unpaired) electrons. The normalized spacial score (nSPS) is 35.6. The van der Waals surface area contributed by atoms with E-state index in [9.17, 15) is 5.11 Å². The molecule has 1 aliphatic heterocycles. The third-order valence-corrected chi connectivity index (χ3v) is 4.28. The number of hydrogen-bond acceptors (Lipinski definition) is 2. The van der Waals surface area contributed by atoms with E-state index in [2.05, 4.69) is 11.9 Å². The lowest BCUT2D eigenvalue weighted by Crippen LogP contribution is -2.32. The fraction of sp³-hybridized carbons (Fsp3) is 1.00. The Bertz CT molecular complexity index is 201. The number of nitrogens with zero attached hydrogens (tertiary/aromatic N) is 1. The molecule has 1 unspecified atom stereocenters. The van der Waals surface area contributed by atoms with Crippen LogP contribution in [0.2, 0.25) is 0 Å². The molecule has 1 saturated carbocycles. The van der Waals surface area contributed by atoms with Gasteiger partial charge in [-0.25, -0.2) is 0 Å². The van der Waals surface area contributed by atoms with Gasteiger partial charge in [-0.05, 0) is 45.2 Å². The summed E-state index contributed by atoms with van der Waals surface area (Å²) in [5, 5.41) is 10.6. The zero-order valence-electron chi connectivity index (χ0n) is 10.0. The number of likely N-dealkylation sites (tertiary alicyclic amines) is 1. The Hall–Kier alpha value is -0.0800. The second kappa shape index (κ2) is 4.84. The summed E-state index contributed by atoms with van der Waals surface area (Å²) in [6.45, 7) is 2.23. The zero-order valence-corrected chi connectivity index (χ0v) is 10.0. The smallest absolute Gasteiger partial charge is 0.0663 e. The van der Waals surface area contributed by atoms with Gasteiger partial charge in [-0.2, -0.15) is 0 Å². The van der Waals surface area contributed by atoms with E-state index in [0.717, 1.165) is 38.3 Å². The molecular weight excluding hydrogens is 186 g/mol. The summed E-state index contributed by atoms with van der Waals surface area (Å²) in [6, 6.07) is 0. The van der Waals surface area contributed by atoms with Crippen LogP contribution < -0.4 is 0 Å². The molecule has 2 fully saturated rings. The number of aliphatic hydroxyl groups is 1. The molecule has 2 rings (SSSR count). The van der Waals surface area contributed by atoms with Gasteiger partial charge < -0.3 is 10.0 Å². The van der Waals surface area contributed by atoms with Crippen molar-refractivity contribution < 1.29 is 5.11 Å². The van der Waals surface area contributed by atoms with Crippen LogP contribution in [0.3, 0.4) is 0 Å². The van der Waals surface area contributed by atoms with Gasteiger partial charge in [0.1, 0.15) is 0 Å². The molecule has 1 atom stereocenters. The third-order valence-electron chi connectivity index (χ3n) is 4.28. The highest BCUT2D eigenvalue weighted by molar-refractivity contribution is 4.86. The molecule has 1 aliphatic carbocycles. The molecule has 88 valence electrons. The van der Waals surface area contributed by atoms with Gasteiger partial charge in [-0.3, -0.25) is 0 Å². The SMILES string of the molecule is CN1CCCC(O)(CC2CCCC2)CC1. The lowest BCUT2D eigenvalue weighted by Gasteiger charge is -2.29. The summed E-state index contributed by atoms with van der Waals surface area (Å²) < 4.78 is 0. The molecule has 0 aromatic carbocycles. The van der Waals surface area contributed by atoms with Crippen LogP contribution in [0.4, 0.5) is 0 Å². The van der Waals surface area contributed by atoms with Crippen LogP contribution >= 0.6 is 0 Å². The summed E-state index contributed by atoms with van der Waals surface area (Å²) in [7, 11) is 2.17. The molecule has 0 aromatic rings. The fourth-order valence-corrected chi connectivity index (χ4v) is 3.27. The summed E-state index contributed by atoms with van der Waals surface area (Å²) in [5.41, 5.74) is -0.334. The standard InChI is InChI=1S/C13H25NO/c1-14-9-4-7-13(15,8-10-14)11-12-5-2-3-6-12/h12,15H,2-11H2,1H3. The van der Waals surface area contributed by atoms with Gasteiger partial charge >= 0.3 is 0 Å². The van der Waals surface area contributed by atoms with Crippen LogP contribution in [0.15, 0.2) is 0 Å². The van der Waals surface area contributed by atoms with E-state index >= 15 is 0 Å². The first-order valence-corrected chi connectivity index (χ1v) is 6.59. The molecular formula is C13H25NO. The van der Waals surface area contributed by atoms with Crippen LogP contribution in [0.5, 0.6) is 0 Å². The van der Waals surface area contributed by atoms with Crippen LogP contribution in [0, 0.1) is 5.92 Å². The van der Waals surface area contributed by atoms with Crippen molar-refractivity contribution in [2.24, 2.45) is 5.92 Å². The maximum atomic E-state index is 10.6. The second-order valence-electron chi connectivity index (χ2n) is 5.74. The van der Waals surface area contributed by atoms with Crippen LogP contribution in [-0.4, -0.2) is 35.7 Å². The zero-order chi connectivity index (χ0) is 10.7. The Labute approximate surface area is 93.7 Å². The lowest BCUT2D eigenvalue weighted by atomic mass is 9.84. The van der Waals surface area contributed by atoms with Gasteiger partial charge in [0.15, 0.2) is 0 Å². The molecule has 15 heavy (non-hydrogen) atoms. The Morgan fingerprint density at radius 1 is 1.13 bits per heavy atom. The molecule has 0 aromatic heterocycles. The molecule has 2 aliphatic rings. The maximum absolute atomic E-state index is 10.6. The first kappa shape index (κ1) is 11.4. The topological polar surface area (TPSA) is 23.5 Å². The minimum Gasteiger partial charge on any atom is -0.390 e. The van der Waals surface area contributed by atoms with Crippen molar-refractivity contribution in [3.63, 3.8) is 0 Å². The predicted octanol–water partition coefficient (Wildman–Crippen LogP) is 2.41. The third kappa shape index (κ3) is 3.18. The molecule has 1 N–H and O–H groups in total. The van der Waals surface area contributed by atoms with Crippen LogP contribution in [-0.2, 0) is 0 Å². The van der Waals surface area contributed by atoms with E-state index in [1.807, 2.05) is 0 Å². The van der Waals surface area contributed by atoms with Gasteiger partial charge in [-0.1, -0.05) is 25.7 Å². The molecule has 0 amide bonds. The Morgan fingerprint density at radius 3 is 2.60 bits per heavy atom. The van der Waals surface area contributed by atoms with Crippen molar-refractivity contribution in [2.75, 3.05) is 20.1 Å². The molecule has 1 saturated heterocycles. The highest BCUT2D eigenvalue weighted by atomic mass is 16.3. The van der Waals surface area contributed by atoms with Crippen LogP contribution in [0.1, 0.15) is 51.4 Å². The van der Waals surface area contributed by atoms with E-state index in [4.69, 9.17) is 0 Å². The predicted molar refractivity (Wildman–Crippen MR) is 62.9 cm³/mol. The minimum absolute atomic E-state index is 0.334. The molecule has 0 spiro atoms. The summed E-state index contributed by atoms with van der Waals surface area (Å²) >= 11 is 0. The summed E-state index contributed by atoms with van der Waals surface area (Å²) in [5.74, 6) is 0.818. The highest BCUT2D eigenvalue weighted by Gasteiger charge is 2.32. The quantitative estimate of drug-likeness (QED) is 0.758. The molecule has 2 heteroatoms. The highest BCUT2D eigenvalue weighted by Crippen LogP contribution is 2.36. The Kier molecular flexibility index (Phi) is 3.68. The van der Waals surface area contributed by atoms with Gasteiger partial charge in [0, 0.05) is 6.54 Å². The van der Waals surface area contributed by atoms with Crippen molar-refractivity contribution >= 4 is 0 Å². The molecule has 2 nitrogen and oxygen atoms in total. The van der Waals surface area contributed by atoms with Gasteiger partial charge in [-0.15, -0.1) is 0 Å². The van der Waals surface area contributed by atoms with E-state index in [1.54, 1.807) is 0 Å². The average Bonchev–Trinajstić information content (AvgIpc) is 2.61. The van der Waals surface area contributed by atoms with Gasteiger partial charge in [0.25, 0.3) is 0 Å². The first-order chi connectivity index (χ1) is 7.18. The van der Waals surface area contributed by atoms with E-state index < -0.39 is 0 Å². The van der Waals surface area contributed by atoms with Crippen molar-refractivity contribution in [3.8, 4) is 0 Å². The fourth-order valence-electron chi connectivity index (χ4n) is 3.27. The van der Waals surface area contributed by atoms with E-state index in [0.29, 0.717) is 0 Å². The van der Waals surface area contributed by atoms with Crippen molar-refractivity contribution in [1.82, 2.24) is 4.90 Å². The lowest BCUT2D eigenvalue weighted by molar-refractivity contribution is 0.00295. The van der Waals surface area contributed by atoms with E-state index in [1.165, 1.54) is 32.1 Å². The van der Waals surface area contributed by atoms with Gasteiger partial charge in [0.05, 0.1) is 5.60 Å². The van der Waals surface area contributed by atoms with Crippen LogP contribution in [0.25, 0.3) is 0 Å².